The van der Waals surface area contributed by atoms with Gasteiger partial charge in [0, 0.05) is 37.5 Å². The van der Waals surface area contributed by atoms with Crippen LogP contribution in [0.4, 0.5) is 4.39 Å². The van der Waals surface area contributed by atoms with E-state index in [9.17, 15) is 4.39 Å². The summed E-state index contributed by atoms with van der Waals surface area (Å²) in [7, 11) is 1.98. The van der Waals surface area contributed by atoms with E-state index < -0.39 is 0 Å². The monoisotopic (exact) mass is 275 g/mol. The standard InChI is InChI=1S/C16H22FN3/c1-4-18-15(7-8-16-19-9-10-20(16)3)13-11-12(2)5-6-14(13)17/h5-6,9-11,15,18H,4,7-8H2,1-3H3. The van der Waals surface area contributed by atoms with Crippen LogP contribution in [-0.2, 0) is 13.5 Å². The summed E-state index contributed by atoms with van der Waals surface area (Å²) < 4.78 is 16.0. The highest BCUT2D eigenvalue weighted by molar-refractivity contribution is 5.27. The van der Waals surface area contributed by atoms with Crippen molar-refractivity contribution in [3.63, 3.8) is 0 Å². The van der Waals surface area contributed by atoms with Crippen LogP contribution in [0.2, 0.25) is 0 Å². The van der Waals surface area contributed by atoms with Crippen molar-refractivity contribution < 1.29 is 4.39 Å². The van der Waals surface area contributed by atoms with Crippen LogP contribution in [-0.4, -0.2) is 16.1 Å². The molecule has 1 aromatic carbocycles. The molecule has 1 N–H and O–H groups in total. The summed E-state index contributed by atoms with van der Waals surface area (Å²) in [6.07, 6.45) is 5.39. The van der Waals surface area contributed by atoms with Crippen LogP contribution in [0.1, 0.15) is 36.3 Å². The number of aromatic nitrogens is 2. The minimum Gasteiger partial charge on any atom is -0.338 e. The van der Waals surface area contributed by atoms with Crippen molar-refractivity contribution in [2.45, 2.75) is 32.7 Å². The molecule has 1 atom stereocenters. The van der Waals surface area contributed by atoms with E-state index in [1.165, 1.54) is 0 Å². The van der Waals surface area contributed by atoms with Gasteiger partial charge < -0.3 is 9.88 Å². The van der Waals surface area contributed by atoms with Gasteiger partial charge in [0.1, 0.15) is 11.6 Å². The molecule has 0 spiro atoms. The van der Waals surface area contributed by atoms with Crippen molar-refractivity contribution in [3.8, 4) is 0 Å². The van der Waals surface area contributed by atoms with Crippen LogP contribution < -0.4 is 5.32 Å². The summed E-state index contributed by atoms with van der Waals surface area (Å²) in [6.45, 7) is 4.85. The summed E-state index contributed by atoms with van der Waals surface area (Å²) in [5.41, 5.74) is 1.84. The zero-order chi connectivity index (χ0) is 14.5. The van der Waals surface area contributed by atoms with E-state index in [0.717, 1.165) is 36.3 Å². The van der Waals surface area contributed by atoms with E-state index in [0.29, 0.717) is 0 Å². The Morgan fingerprint density at radius 2 is 2.20 bits per heavy atom. The number of nitrogens with zero attached hydrogens (tertiary/aromatic N) is 2. The molecular formula is C16H22FN3. The predicted octanol–water partition coefficient (Wildman–Crippen LogP) is 3.15. The molecule has 20 heavy (non-hydrogen) atoms. The summed E-state index contributed by atoms with van der Waals surface area (Å²) in [4.78, 5) is 4.32. The quantitative estimate of drug-likeness (QED) is 0.877. The second-order valence-electron chi connectivity index (χ2n) is 5.13. The third-order valence-electron chi connectivity index (χ3n) is 3.56. The number of aryl methyl sites for hydroxylation is 3. The Bertz CT molecular complexity index is 563. The lowest BCUT2D eigenvalue weighted by molar-refractivity contribution is 0.478. The van der Waals surface area contributed by atoms with Gasteiger partial charge in [0.15, 0.2) is 0 Å². The van der Waals surface area contributed by atoms with Gasteiger partial charge in [0.05, 0.1) is 0 Å². The first-order valence-corrected chi connectivity index (χ1v) is 7.07. The van der Waals surface area contributed by atoms with Crippen molar-refractivity contribution in [3.05, 3.63) is 53.4 Å². The van der Waals surface area contributed by atoms with Gasteiger partial charge in [-0.05, 0) is 26.0 Å². The highest BCUT2D eigenvalue weighted by atomic mass is 19.1. The normalized spacial score (nSPS) is 12.6. The molecule has 0 aliphatic carbocycles. The smallest absolute Gasteiger partial charge is 0.127 e. The molecule has 1 unspecified atom stereocenters. The molecule has 0 saturated heterocycles. The van der Waals surface area contributed by atoms with E-state index >= 15 is 0 Å². The largest absolute Gasteiger partial charge is 0.338 e. The molecule has 0 aliphatic heterocycles. The van der Waals surface area contributed by atoms with Gasteiger partial charge in [-0.3, -0.25) is 0 Å². The van der Waals surface area contributed by atoms with Gasteiger partial charge in [-0.1, -0.05) is 24.6 Å². The second-order valence-corrected chi connectivity index (χ2v) is 5.13. The fourth-order valence-electron chi connectivity index (χ4n) is 2.45. The Kier molecular flexibility index (Phi) is 4.90. The third-order valence-corrected chi connectivity index (χ3v) is 3.56. The molecule has 1 aromatic heterocycles. The molecule has 2 rings (SSSR count). The number of hydrogen-bond acceptors (Lipinski definition) is 2. The second kappa shape index (κ2) is 6.66. The molecule has 0 fully saturated rings. The fraction of sp³-hybridized carbons (Fsp3) is 0.438. The molecule has 0 radical (unpaired) electrons. The maximum absolute atomic E-state index is 14.0. The van der Waals surface area contributed by atoms with Crippen LogP contribution in [0.15, 0.2) is 30.6 Å². The molecule has 0 bridgehead atoms. The summed E-state index contributed by atoms with van der Waals surface area (Å²) in [6, 6.07) is 5.31. The van der Waals surface area contributed by atoms with Crippen molar-refractivity contribution in [2.24, 2.45) is 7.05 Å². The molecule has 4 heteroatoms. The van der Waals surface area contributed by atoms with Crippen molar-refractivity contribution in [1.29, 1.82) is 0 Å². The van der Waals surface area contributed by atoms with Crippen molar-refractivity contribution >= 4 is 0 Å². The highest BCUT2D eigenvalue weighted by Crippen LogP contribution is 2.23. The number of hydrogen-bond donors (Lipinski definition) is 1. The average molecular weight is 275 g/mol. The van der Waals surface area contributed by atoms with Crippen LogP contribution in [0.5, 0.6) is 0 Å². The first-order valence-electron chi connectivity index (χ1n) is 7.07. The van der Waals surface area contributed by atoms with Crippen molar-refractivity contribution in [2.75, 3.05) is 6.54 Å². The molecule has 1 heterocycles. The number of halogens is 1. The van der Waals surface area contributed by atoms with Crippen LogP contribution in [0.3, 0.4) is 0 Å². The number of nitrogens with one attached hydrogen (secondary N) is 1. The highest BCUT2D eigenvalue weighted by Gasteiger charge is 2.16. The van der Waals surface area contributed by atoms with Crippen LogP contribution >= 0.6 is 0 Å². The summed E-state index contributed by atoms with van der Waals surface area (Å²) >= 11 is 0. The molecule has 108 valence electrons. The fourth-order valence-corrected chi connectivity index (χ4v) is 2.45. The van der Waals surface area contributed by atoms with Gasteiger partial charge >= 0.3 is 0 Å². The number of rotatable bonds is 6. The molecule has 0 amide bonds. The predicted molar refractivity (Wildman–Crippen MR) is 79.1 cm³/mol. The SMILES string of the molecule is CCNC(CCc1nccn1C)c1cc(C)ccc1F. The zero-order valence-corrected chi connectivity index (χ0v) is 12.4. The lowest BCUT2D eigenvalue weighted by atomic mass is 9.99. The van der Waals surface area contributed by atoms with Gasteiger partial charge in [0.2, 0.25) is 0 Å². The Balaban J connectivity index is 2.14. The van der Waals surface area contributed by atoms with Crippen LogP contribution in [0, 0.1) is 12.7 Å². The molecule has 0 aliphatic rings. The first kappa shape index (κ1) is 14.7. The minimum atomic E-state index is -0.138. The Hall–Kier alpha value is -1.68. The zero-order valence-electron chi connectivity index (χ0n) is 12.4. The maximum atomic E-state index is 14.0. The lowest BCUT2D eigenvalue weighted by Crippen LogP contribution is -2.23. The van der Waals surface area contributed by atoms with E-state index in [4.69, 9.17) is 0 Å². The summed E-state index contributed by atoms with van der Waals surface area (Å²) in [5, 5.41) is 3.37. The van der Waals surface area contributed by atoms with Crippen LogP contribution in [0.25, 0.3) is 0 Å². The lowest BCUT2D eigenvalue weighted by Gasteiger charge is -2.19. The van der Waals surface area contributed by atoms with Gasteiger partial charge in [-0.25, -0.2) is 9.37 Å². The molecular weight excluding hydrogens is 253 g/mol. The number of imidazole rings is 1. The summed E-state index contributed by atoms with van der Waals surface area (Å²) in [5.74, 6) is 0.891. The topological polar surface area (TPSA) is 29.9 Å². The average Bonchev–Trinajstić information content (AvgIpc) is 2.83. The van der Waals surface area contributed by atoms with Gasteiger partial charge in [-0.2, -0.15) is 0 Å². The number of benzene rings is 1. The Morgan fingerprint density at radius 1 is 1.40 bits per heavy atom. The first-order chi connectivity index (χ1) is 9.61. The molecule has 2 aromatic rings. The van der Waals surface area contributed by atoms with E-state index in [1.54, 1.807) is 18.3 Å². The van der Waals surface area contributed by atoms with Crippen molar-refractivity contribution in [1.82, 2.24) is 14.9 Å². The Morgan fingerprint density at radius 3 is 2.85 bits per heavy atom. The Labute approximate surface area is 119 Å². The van der Waals surface area contributed by atoms with Gasteiger partial charge in [-0.15, -0.1) is 0 Å². The molecule has 0 saturated carbocycles. The van der Waals surface area contributed by atoms with E-state index in [-0.39, 0.29) is 11.9 Å². The maximum Gasteiger partial charge on any atom is 0.127 e. The van der Waals surface area contributed by atoms with Gasteiger partial charge in [0.25, 0.3) is 0 Å². The van der Waals surface area contributed by atoms with E-state index in [1.807, 2.05) is 37.7 Å². The molecule has 3 nitrogen and oxygen atoms in total. The van der Waals surface area contributed by atoms with E-state index in [2.05, 4.69) is 10.3 Å². The minimum absolute atomic E-state index is 0.0246. The third kappa shape index (κ3) is 3.45.